The monoisotopic (exact) mass is 431 g/mol. The number of nitrogens with zero attached hydrogens (tertiary/aromatic N) is 6. The van der Waals surface area contributed by atoms with Crippen LogP contribution in [0.3, 0.4) is 0 Å². The van der Waals surface area contributed by atoms with E-state index in [0.717, 1.165) is 0 Å². The van der Waals surface area contributed by atoms with Crippen LogP contribution in [-0.2, 0) is 0 Å². The van der Waals surface area contributed by atoms with Crippen LogP contribution in [0.25, 0.3) is 16.6 Å². The van der Waals surface area contributed by atoms with Gasteiger partial charge in [-0.05, 0) is 30.7 Å². The topological polar surface area (TPSA) is 120 Å². The maximum atomic E-state index is 14.9. The molecule has 0 aliphatic heterocycles. The average molecular weight is 431 g/mol. The molecule has 10 nitrogen and oxygen atoms in total. The van der Waals surface area contributed by atoms with Gasteiger partial charge in [0.15, 0.2) is 5.65 Å². The standard InChI is InChI=1S/C21H14FN7O3/c1-12-6-18(27-21-15-7-13(29(30)31)2-3-17(15)23-10-25-21)16(22)9-19(12)32-14-4-5-28-20(8-14)24-11-26-28/h2-11H,1H3,(H,23,25,27). The van der Waals surface area contributed by atoms with E-state index in [2.05, 4.69) is 25.4 Å². The van der Waals surface area contributed by atoms with Crippen molar-refractivity contribution in [2.24, 2.45) is 0 Å². The van der Waals surface area contributed by atoms with Gasteiger partial charge in [0.05, 0.1) is 16.1 Å². The SMILES string of the molecule is Cc1cc(Nc2ncnc3ccc([N+](=O)[O-])cc23)c(F)cc1Oc1ccn2ncnc2c1. The zero-order valence-corrected chi connectivity index (χ0v) is 16.6. The largest absolute Gasteiger partial charge is 0.457 e. The van der Waals surface area contributed by atoms with E-state index >= 15 is 0 Å². The highest BCUT2D eigenvalue weighted by Crippen LogP contribution is 2.33. The van der Waals surface area contributed by atoms with Crippen LogP contribution in [0.5, 0.6) is 11.5 Å². The normalized spacial score (nSPS) is 11.1. The Morgan fingerprint density at radius 2 is 1.97 bits per heavy atom. The Bertz CT molecular complexity index is 1500. The molecule has 0 fully saturated rings. The van der Waals surface area contributed by atoms with Gasteiger partial charge in [0, 0.05) is 35.8 Å². The molecular weight excluding hydrogens is 417 g/mol. The molecule has 158 valence electrons. The summed E-state index contributed by atoms with van der Waals surface area (Å²) in [6.07, 6.45) is 4.42. The first-order chi connectivity index (χ1) is 15.5. The number of rotatable bonds is 5. The summed E-state index contributed by atoms with van der Waals surface area (Å²) < 4.78 is 22.3. The molecular formula is C21H14FN7O3. The van der Waals surface area contributed by atoms with Gasteiger partial charge in [0.1, 0.15) is 35.8 Å². The number of nitrogens with one attached hydrogen (secondary N) is 1. The van der Waals surface area contributed by atoms with Crippen LogP contribution in [-0.4, -0.2) is 29.5 Å². The Kier molecular flexibility index (Phi) is 4.55. The van der Waals surface area contributed by atoms with E-state index in [1.165, 1.54) is 36.9 Å². The minimum atomic E-state index is -0.577. The van der Waals surface area contributed by atoms with Crippen molar-refractivity contribution in [2.45, 2.75) is 6.92 Å². The minimum Gasteiger partial charge on any atom is -0.457 e. The number of ether oxygens (including phenoxy) is 1. The number of halogens is 1. The van der Waals surface area contributed by atoms with E-state index in [4.69, 9.17) is 4.74 Å². The summed E-state index contributed by atoms with van der Waals surface area (Å²) in [5.41, 5.74) is 1.80. The predicted octanol–water partition coefficient (Wildman–Crippen LogP) is 4.56. The van der Waals surface area contributed by atoms with E-state index in [9.17, 15) is 14.5 Å². The van der Waals surface area contributed by atoms with Gasteiger partial charge in [0.25, 0.3) is 5.69 Å². The molecule has 2 aromatic carbocycles. The second-order valence-corrected chi connectivity index (χ2v) is 6.93. The Hall–Kier alpha value is -4.67. The molecule has 0 atom stereocenters. The summed E-state index contributed by atoms with van der Waals surface area (Å²) in [5, 5.41) is 18.5. The molecule has 0 saturated carbocycles. The van der Waals surface area contributed by atoms with Crippen molar-refractivity contribution >= 4 is 33.7 Å². The van der Waals surface area contributed by atoms with Crippen LogP contribution in [0.4, 0.5) is 21.6 Å². The molecule has 0 bridgehead atoms. The number of fused-ring (bicyclic) bond motifs is 2. The molecule has 5 aromatic rings. The van der Waals surface area contributed by atoms with Crippen LogP contribution in [0.2, 0.25) is 0 Å². The van der Waals surface area contributed by atoms with Crippen molar-refractivity contribution in [3.05, 3.63) is 82.8 Å². The quantitative estimate of drug-likeness (QED) is 0.317. The molecule has 0 aliphatic carbocycles. The van der Waals surface area contributed by atoms with Crippen molar-refractivity contribution < 1.29 is 14.1 Å². The van der Waals surface area contributed by atoms with E-state index in [1.54, 1.807) is 35.8 Å². The summed E-state index contributed by atoms with van der Waals surface area (Å²) in [6.45, 7) is 1.78. The predicted molar refractivity (Wildman–Crippen MR) is 114 cm³/mol. The van der Waals surface area contributed by atoms with E-state index in [-0.39, 0.29) is 17.2 Å². The molecule has 5 rings (SSSR count). The third-order valence-electron chi connectivity index (χ3n) is 4.83. The number of pyridine rings is 1. The smallest absolute Gasteiger partial charge is 0.270 e. The van der Waals surface area contributed by atoms with Gasteiger partial charge >= 0.3 is 0 Å². The van der Waals surface area contributed by atoms with Crippen molar-refractivity contribution in [3.63, 3.8) is 0 Å². The van der Waals surface area contributed by atoms with Gasteiger partial charge in [-0.25, -0.2) is 23.9 Å². The molecule has 0 amide bonds. The highest BCUT2D eigenvalue weighted by atomic mass is 19.1. The lowest BCUT2D eigenvalue weighted by molar-refractivity contribution is -0.384. The molecule has 11 heteroatoms. The average Bonchev–Trinajstić information content (AvgIpc) is 3.25. The number of benzene rings is 2. The summed E-state index contributed by atoms with van der Waals surface area (Å²) in [5.74, 6) is 0.497. The van der Waals surface area contributed by atoms with Crippen LogP contribution >= 0.6 is 0 Å². The van der Waals surface area contributed by atoms with Gasteiger partial charge < -0.3 is 10.1 Å². The fourth-order valence-corrected chi connectivity index (χ4v) is 3.24. The van der Waals surface area contributed by atoms with Gasteiger partial charge in [-0.2, -0.15) is 5.10 Å². The first-order valence-electron chi connectivity index (χ1n) is 9.41. The second-order valence-electron chi connectivity index (χ2n) is 6.93. The lowest BCUT2D eigenvalue weighted by Crippen LogP contribution is -2.00. The van der Waals surface area contributed by atoms with Gasteiger partial charge in [0.2, 0.25) is 0 Å². The number of hydrogen-bond donors (Lipinski definition) is 1. The molecule has 3 heterocycles. The van der Waals surface area contributed by atoms with Gasteiger partial charge in [-0.15, -0.1) is 0 Å². The van der Waals surface area contributed by atoms with Crippen molar-refractivity contribution in [2.75, 3.05) is 5.32 Å². The number of aromatic nitrogens is 5. The van der Waals surface area contributed by atoms with Crippen LogP contribution < -0.4 is 10.1 Å². The third-order valence-corrected chi connectivity index (χ3v) is 4.83. The maximum Gasteiger partial charge on any atom is 0.270 e. The fourth-order valence-electron chi connectivity index (χ4n) is 3.24. The number of anilines is 2. The number of nitro groups is 1. The van der Waals surface area contributed by atoms with E-state index < -0.39 is 10.7 Å². The molecule has 0 aliphatic rings. The first-order valence-corrected chi connectivity index (χ1v) is 9.41. The molecule has 32 heavy (non-hydrogen) atoms. The maximum absolute atomic E-state index is 14.9. The third kappa shape index (κ3) is 3.51. The second kappa shape index (κ2) is 7.54. The summed E-state index contributed by atoms with van der Waals surface area (Å²) >= 11 is 0. The van der Waals surface area contributed by atoms with Crippen molar-refractivity contribution in [1.82, 2.24) is 24.6 Å². The highest BCUT2D eigenvalue weighted by Gasteiger charge is 2.14. The van der Waals surface area contributed by atoms with E-state index in [0.29, 0.717) is 33.6 Å². The van der Waals surface area contributed by atoms with Crippen LogP contribution in [0.15, 0.2) is 61.3 Å². The van der Waals surface area contributed by atoms with Gasteiger partial charge in [-0.3, -0.25) is 10.1 Å². The zero-order chi connectivity index (χ0) is 22.2. The Balaban J connectivity index is 1.47. The highest BCUT2D eigenvalue weighted by molar-refractivity contribution is 5.92. The molecule has 0 radical (unpaired) electrons. The molecule has 3 aromatic heterocycles. The molecule has 0 unspecified atom stereocenters. The first kappa shape index (κ1) is 19.3. The molecule has 1 N–H and O–H groups in total. The fraction of sp³-hybridized carbons (Fsp3) is 0.0476. The summed E-state index contributed by atoms with van der Waals surface area (Å²) in [7, 11) is 0. The summed E-state index contributed by atoms with van der Waals surface area (Å²) in [4.78, 5) is 22.9. The molecule has 0 saturated heterocycles. The van der Waals surface area contributed by atoms with Crippen molar-refractivity contribution in [3.8, 4) is 11.5 Å². The summed E-state index contributed by atoms with van der Waals surface area (Å²) in [6, 6.07) is 10.4. The Morgan fingerprint density at radius 3 is 2.81 bits per heavy atom. The minimum absolute atomic E-state index is 0.111. The van der Waals surface area contributed by atoms with E-state index in [1.807, 2.05) is 0 Å². The number of aryl methyl sites for hydroxylation is 1. The lowest BCUT2D eigenvalue weighted by Gasteiger charge is -2.13. The Labute approximate surface area is 179 Å². The number of non-ortho nitro benzene ring substituents is 1. The number of nitro benzene ring substituents is 1. The number of hydrogen-bond acceptors (Lipinski definition) is 8. The molecule has 0 spiro atoms. The zero-order valence-electron chi connectivity index (χ0n) is 16.6. The lowest BCUT2D eigenvalue weighted by atomic mass is 10.1. The van der Waals surface area contributed by atoms with Crippen molar-refractivity contribution in [1.29, 1.82) is 0 Å². The van der Waals surface area contributed by atoms with Gasteiger partial charge in [-0.1, -0.05) is 0 Å². The Morgan fingerprint density at radius 1 is 1.09 bits per heavy atom. The van der Waals surface area contributed by atoms with Crippen LogP contribution in [0, 0.1) is 22.9 Å². The van der Waals surface area contributed by atoms with Crippen LogP contribution in [0.1, 0.15) is 5.56 Å².